The summed E-state index contributed by atoms with van der Waals surface area (Å²) in [5.41, 5.74) is 0.583. The number of nitrogens with one attached hydrogen (secondary N) is 1. The van der Waals surface area contributed by atoms with Gasteiger partial charge in [0.2, 0.25) is 10.9 Å². The maximum atomic E-state index is 12.5. The number of ether oxygens (including phenoxy) is 2. The Morgan fingerprint density at radius 2 is 2.00 bits per heavy atom. The number of carbonyl (C=O) groups excluding carboxylic acids is 2. The first-order valence-corrected chi connectivity index (χ1v) is 11.3. The Morgan fingerprint density at radius 1 is 1.24 bits per heavy atom. The van der Waals surface area contributed by atoms with E-state index in [2.05, 4.69) is 15.5 Å². The Balaban J connectivity index is 1.26. The highest BCUT2D eigenvalue weighted by molar-refractivity contribution is 8.01. The summed E-state index contributed by atoms with van der Waals surface area (Å²) in [4.78, 5) is 26.6. The van der Waals surface area contributed by atoms with E-state index in [4.69, 9.17) is 21.1 Å². The molecule has 0 saturated carbocycles. The number of hydrogen-bond donors (Lipinski definition) is 1. The zero-order valence-electron chi connectivity index (χ0n) is 15.4. The van der Waals surface area contributed by atoms with Crippen molar-refractivity contribution in [1.82, 2.24) is 15.1 Å². The van der Waals surface area contributed by atoms with Crippen LogP contribution in [0.5, 0.6) is 0 Å². The van der Waals surface area contributed by atoms with Gasteiger partial charge < -0.3 is 19.7 Å². The SMILES string of the molecule is O=C(Nc1cccc(Cl)c1)c1nnc(SCC(=O)N2CCC3(CC2)OCCO3)s1. The lowest BCUT2D eigenvalue weighted by Gasteiger charge is -2.37. The molecule has 154 valence electrons. The summed E-state index contributed by atoms with van der Waals surface area (Å²) in [7, 11) is 0. The van der Waals surface area contributed by atoms with Crippen molar-refractivity contribution in [3.63, 3.8) is 0 Å². The molecular weight excluding hydrogens is 436 g/mol. The molecule has 1 aromatic carbocycles. The molecule has 0 unspecified atom stereocenters. The van der Waals surface area contributed by atoms with Crippen LogP contribution in [0.2, 0.25) is 5.02 Å². The lowest BCUT2D eigenvalue weighted by Crippen LogP contribution is -2.47. The van der Waals surface area contributed by atoms with E-state index in [-0.39, 0.29) is 22.6 Å². The normalized spacial score (nSPS) is 18.2. The Bertz CT molecular complexity index is 893. The number of thioether (sulfide) groups is 1. The zero-order valence-corrected chi connectivity index (χ0v) is 17.8. The van der Waals surface area contributed by atoms with Crippen molar-refractivity contribution in [1.29, 1.82) is 0 Å². The molecule has 3 heterocycles. The van der Waals surface area contributed by atoms with Gasteiger partial charge in [0.1, 0.15) is 0 Å². The van der Waals surface area contributed by atoms with Crippen LogP contribution in [-0.4, -0.2) is 64.8 Å². The molecule has 2 aliphatic rings. The highest BCUT2D eigenvalue weighted by Crippen LogP contribution is 2.32. The van der Waals surface area contributed by atoms with E-state index >= 15 is 0 Å². The van der Waals surface area contributed by atoms with Crippen LogP contribution >= 0.6 is 34.7 Å². The van der Waals surface area contributed by atoms with Gasteiger partial charge in [-0.1, -0.05) is 40.8 Å². The van der Waals surface area contributed by atoms with Crippen LogP contribution in [0.15, 0.2) is 28.6 Å². The minimum atomic E-state index is -0.492. The highest BCUT2D eigenvalue weighted by atomic mass is 35.5. The second-order valence-electron chi connectivity index (χ2n) is 6.61. The molecule has 0 aliphatic carbocycles. The van der Waals surface area contributed by atoms with Crippen LogP contribution in [0.3, 0.4) is 0 Å². The van der Waals surface area contributed by atoms with Crippen LogP contribution < -0.4 is 5.32 Å². The van der Waals surface area contributed by atoms with Gasteiger partial charge in [-0.25, -0.2) is 0 Å². The summed E-state index contributed by atoms with van der Waals surface area (Å²) >= 11 is 8.36. The lowest BCUT2D eigenvalue weighted by molar-refractivity contribution is -0.186. The molecule has 29 heavy (non-hydrogen) atoms. The Morgan fingerprint density at radius 3 is 2.72 bits per heavy atom. The molecule has 2 fully saturated rings. The smallest absolute Gasteiger partial charge is 0.286 e. The fourth-order valence-electron chi connectivity index (χ4n) is 3.21. The van der Waals surface area contributed by atoms with Gasteiger partial charge in [0.15, 0.2) is 10.1 Å². The number of benzene rings is 1. The van der Waals surface area contributed by atoms with Gasteiger partial charge in [-0.05, 0) is 18.2 Å². The summed E-state index contributed by atoms with van der Waals surface area (Å²) in [5, 5.41) is 11.4. The number of likely N-dealkylation sites (tertiary alicyclic amines) is 1. The number of aromatic nitrogens is 2. The van der Waals surface area contributed by atoms with E-state index in [9.17, 15) is 9.59 Å². The largest absolute Gasteiger partial charge is 0.347 e. The van der Waals surface area contributed by atoms with Gasteiger partial charge in [-0.15, -0.1) is 10.2 Å². The van der Waals surface area contributed by atoms with Gasteiger partial charge in [-0.3, -0.25) is 9.59 Å². The number of nitrogens with zero attached hydrogens (tertiary/aromatic N) is 3. The van der Waals surface area contributed by atoms with Crippen molar-refractivity contribution < 1.29 is 19.1 Å². The zero-order chi connectivity index (χ0) is 20.3. The van der Waals surface area contributed by atoms with E-state index in [0.717, 1.165) is 11.3 Å². The summed E-state index contributed by atoms with van der Waals surface area (Å²) in [5.74, 6) is -0.572. The predicted octanol–water partition coefficient (Wildman–Crippen LogP) is 2.90. The molecule has 2 amide bonds. The summed E-state index contributed by atoms with van der Waals surface area (Å²) in [6.45, 7) is 2.47. The Kier molecular flexibility index (Phi) is 6.35. The quantitative estimate of drug-likeness (QED) is 0.694. The van der Waals surface area contributed by atoms with Gasteiger partial charge in [0, 0.05) is 36.6 Å². The number of halogens is 1. The average molecular weight is 455 g/mol. The molecule has 4 rings (SSSR count). The fraction of sp³-hybridized carbons (Fsp3) is 0.444. The molecule has 0 radical (unpaired) electrons. The molecule has 2 saturated heterocycles. The van der Waals surface area contributed by atoms with Crippen molar-refractivity contribution in [3.8, 4) is 0 Å². The molecule has 8 nitrogen and oxygen atoms in total. The highest BCUT2D eigenvalue weighted by Gasteiger charge is 2.40. The van der Waals surface area contributed by atoms with Crippen LogP contribution in [-0.2, 0) is 14.3 Å². The van der Waals surface area contributed by atoms with Gasteiger partial charge >= 0.3 is 0 Å². The number of anilines is 1. The summed E-state index contributed by atoms with van der Waals surface area (Å²) < 4.78 is 11.9. The minimum absolute atomic E-state index is 0.0305. The molecule has 11 heteroatoms. The van der Waals surface area contributed by atoms with E-state index in [1.165, 1.54) is 11.8 Å². The van der Waals surface area contributed by atoms with Gasteiger partial charge in [0.05, 0.1) is 19.0 Å². The van der Waals surface area contributed by atoms with E-state index in [0.29, 0.717) is 54.2 Å². The van der Waals surface area contributed by atoms with Crippen molar-refractivity contribution >= 4 is 52.2 Å². The molecule has 1 aromatic heterocycles. The fourth-order valence-corrected chi connectivity index (χ4v) is 5.05. The topological polar surface area (TPSA) is 93.7 Å². The third-order valence-corrected chi connectivity index (χ3v) is 6.97. The second kappa shape index (κ2) is 8.97. The van der Waals surface area contributed by atoms with Crippen molar-refractivity contribution in [2.45, 2.75) is 23.0 Å². The predicted molar refractivity (Wildman–Crippen MR) is 110 cm³/mol. The Hall–Kier alpha value is -1.72. The standard InChI is InChI=1S/C18H19ClN4O4S2/c19-12-2-1-3-13(10-12)20-15(25)16-21-22-17(29-16)28-11-14(24)23-6-4-18(5-7-23)26-8-9-27-18/h1-3,10H,4-9,11H2,(H,20,25). The number of carbonyl (C=O) groups is 2. The molecule has 1 spiro atoms. The van der Waals surface area contributed by atoms with Gasteiger partial charge in [-0.2, -0.15) is 0 Å². The maximum absolute atomic E-state index is 12.5. The Labute approximate surface area is 180 Å². The molecule has 2 aromatic rings. The van der Waals surface area contributed by atoms with Crippen LogP contribution in [0, 0.1) is 0 Å². The van der Waals surface area contributed by atoms with Crippen molar-refractivity contribution in [2.24, 2.45) is 0 Å². The minimum Gasteiger partial charge on any atom is -0.347 e. The number of rotatable bonds is 5. The average Bonchev–Trinajstić information content (AvgIpc) is 3.37. The summed E-state index contributed by atoms with van der Waals surface area (Å²) in [6.07, 6.45) is 1.38. The number of amides is 2. The van der Waals surface area contributed by atoms with E-state index in [1.807, 2.05) is 4.90 Å². The molecule has 1 N–H and O–H groups in total. The summed E-state index contributed by atoms with van der Waals surface area (Å²) in [6, 6.07) is 6.87. The van der Waals surface area contributed by atoms with Crippen LogP contribution in [0.1, 0.15) is 22.6 Å². The van der Waals surface area contributed by atoms with Crippen molar-refractivity contribution in [3.05, 3.63) is 34.3 Å². The van der Waals surface area contributed by atoms with E-state index < -0.39 is 5.79 Å². The number of hydrogen-bond acceptors (Lipinski definition) is 8. The first kappa shape index (κ1) is 20.5. The third-order valence-electron chi connectivity index (χ3n) is 4.69. The lowest BCUT2D eigenvalue weighted by atomic mass is 10.0. The number of piperidine rings is 1. The molecule has 2 aliphatic heterocycles. The third kappa shape index (κ3) is 5.07. The van der Waals surface area contributed by atoms with Crippen LogP contribution in [0.4, 0.5) is 5.69 Å². The molecule has 0 bridgehead atoms. The van der Waals surface area contributed by atoms with Crippen molar-refractivity contribution in [2.75, 3.05) is 37.4 Å². The first-order chi connectivity index (χ1) is 14.0. The first-order valence-electron chi connectivity index (χ1n) is 9.12. The van der Waals surface area contributed by atoms with E-state index in [1.54, 1.807) is 24.3 Å². The second-order valence-corrected chi connectivity index (χ2v) is 9.25. The maximum Gasteiger partial charge on any atom is 0.286 e. The van der Waals surface area contributed by atoms with Gasteiger partial charge in [0.25, 0.3) is 5.91 Å². The monoisotopic (exact) mass is 454 g/mol. The molecule has 0 atom stereocenters. The van der Waals surface area contributed by atoms with Crippen LogP contribution in [0.25, 0.3) is 0 Å². The molecular formula is C18H19ClN4O4S2.